The summed E-state index contributed by atoms with van der Waals surface area (Å²) < 4.78 is 5.51. The smallest absolute Gasteiger partial charge is 0.0620 e. The Hall–Kier alpha value is -0.900. The van der Waals surface area contributed by atoms with Crippen LogP contribution >= 0.6 is 0 Å². The molecule has 0 aromatic heterocycles. The molecule has 2 rings (SSSR count). The number of aryl methyl sites for hydroxylation is 2. The number of hydrogen-bond acceptors (Lipinski definition) is 3. The Labute approximate surface area is 110 Å². The predicted molar refractivity (Wildman–Crippen MR) is 74.7 cm³/mol. The third-order valence-electron chi connectivity index (χ3n) is 3.84. The van der Waals surface area contributed by atoms with Gasteiger partial charge in [0.15, 0.2) is 0 Å². The van der Waals surface area contributed by atoms with Crippen LogP contribution in [-0.4, -0.2) is 37.2 Å². The van der Waals surface area contributed by atoms with Crippen LogP contribution in [0.1, 0.15) is 29.7 Å². The average Bonchev–Trinajstić information content (AvgIpc) is 2.36. The Morgan fingerprint density at radius 2 is 2.22 bits per heavy atom. The topological polar surface area (TPSA) is 38.5 Å². The zero-order chi connectivity index (χ0) is 13.1. The molecule has 2 N–H and O–H groups in total. The standard InChI is InChI=1S/C15H24N2O/c1-11-4-5-12(2)14(8-11)15(9-16)17-6-7-18-10-13(17)3/h4-5,8,13,15H,6-7,9-10,16H2,1-3H3. The first-order valence-corrected chi connectivity index (χ1v) is 6.74. The molecule has 1 heterocycles. The lowest BCUT2D eigenvalue weighted by molar-refractivity contribution is -0.0210. The van der Waals surface area contributed by atoms with Crippen molar-refractivity contribution in [3.63, 3.8) is 0 Å². The molecule has 3 nitrogen and oxygen atoms in total. The van der Waals surface area contributed by atoms with Crippen molar-refractivity contribution in [1.82, 2.24) is 4.90 Å². The van der Waals surface area contributed by atoms with Crippen LogP contribution in [0.25, 0.3) is 0 Å². The van der Waals surface area contributed by atoms with E-state index in [4.69, 9.17) is 10.5 Å². The van der Waals surface area contributed by atoms with Crippen molar-refractivity contribution < 1.29 is 4.74 Å². The van der Waals surface area contributed by atoms with Crippen LogP contribution in [0.5, 0.6) is 0 Å². The summed E-state index contributed by atoms with van der Waals surface area (Å²) in [5.74, 6) is 0. The number of rotatable bonds is 3. The van der Waals surface area contributed by atoms with Gasteiger partial charge in [-0.2, -0.15) is 0 Å². The quantitative estimate of drug-likeness (QED) is 0.889. The van der Waals surface area contributed by atoms with Gasteiger partial charge in [0, 0.05) is 25.2 Å². The Bertz CT molecular complexity index is 405. The van der Waals surface area contributed by atoms with Gasteiger partial charge in [-0.25, -0.2) is 0 Å². The van der Waals surface area contributed by atoms with Crippen molar-refractivity contribution >= 4 is 0 Å². The maximum absolute atomic E-state index is 6.03. The molecule has 0 amide bonds. The summed E-state index contributed by atoms with van der Waals surface area (Å²) in [7, 11) is 0. The van der Waals surface area contributed by atoms with E-state index in [0.29, 0.717) is 18.6 Å². The van der Waals surface area contributed by atoms with E-state index in [1.165, 1.54) is 16.7 Å². The molecule has 0 saturated carbocycles. The van der Waals surface area contributed by atoms with Gasteiger partial charge in [-0.15, -0.1) is 0 Å². The summed E-state index contributed by atoms with van der Waals surface area (Å²) in [6.07, 6.45) is 0. The first-order valence-electron chi connectivity index (χ1n) is 6.74. The minimum Gasteiger partial charge on any atom is -0.379 e. The number of nitrogens with two attached hydrogens (primary N) is 1. The molecule has 1 aromatic carbocycles. The summed E-state index contributed by atoms with van der Waals surface area (Å²) in [6, 6.07) is 7.37. The second-order valence-electron chi connectivity index (χ2n) is 5.27. The summed E-state index contributed by atoms with van der Waals surface area (Å²) in [6.45, 7) is 9.77. The highest BCUT2D eigenvalue weighted by Crippen LogP contribution is 2.27. The Morgan fingerprint density at radius 1 is 1.44 bits per heavy atom. The number of hydrogen-bond donors (Lipinski definition) is 1. The van der Waals surface area contributed by atoms with Crippen molar-refractivity contribution in [2.24, 2.45) is 5.73 Å². The molecular formula is C15H24N2O. The minimum atomic E-state index is 0.309. The average molecular weight is 248 g/mol. The van der Waals surface area contributed by atoms with Gasteiger partial charge in [0.2, 0.25) is 0 Å². The molecule has 1 aliphatic rings. The molecule has 1 fully saturated rings. The molecule has 0 spiro atoms. The van der Waals surface area contributed by atoms with Gasteiger partial charge in [-0.1, -0.05) is 23.8 Å². The van der Waals surface area contributed by atoms with Gasteiger partial charge in [-0.3, -0.25) is 4.90 Å². The summed E-state index contributed by atoms with van der Waals surface area (Å²) >= 11 is 0. The van der Waals surface area contributed by atoms with E-state index >= 15 is 0 Å². The molecular weight excluding hydrogens is 224 g/mol. The summed E-state index contributed by atoms with van der Waals surface area (Å²) in [4.78, 5) is 2.48. The van der Waals surface area contributed by atoms with Crippen molar-refractivity contribution in [2.75, 3.05) is 26.3 Å². The highest BCUT2D eigenvalue weighted by molar-refractivity contribution is 5.33. The molecule has 1 saturated heterocycles. The van der Waals surface area contributed by atoms with E-state index in [-0.39, 0.29) is 0 Å². The van der Waals surface area contributed by atoms with Crippen LogP contribution in [0.2, 0.25) is 0 Å². The fraction of sp³-hybridized carbons (Fsp3) is 0.600. The van der Waals surface area contributed by atoms with Crippen LogP contribution in [0.3, 0.4) is 0 Å². The molecule has 3 heteroatoms. The van der Waals surface area contributed by atoms with Gasteiger partial charge in [-0.05, 0) is 31.9 Å². The third kappa shape index (κ3) is 2.74. The second kappa shape index (κ2) is 5.83. The predicted octanol–water partition coefficient (Wildman–Crippen LogP) is 2.02. The van der Waals surface area contributed by atoms with Crippen molar-refractivity contribution in [3.05, 3.63) is 34.9 Å². The lowest BCUT2D eigenvalue weighted by Crippen LogP contribution is -2.47. The highest BCUT2D eigenvalue weighted by atomic mass is 16.5. The van der Waals surface area contributed by atoms with E-state index in [1.54, 1.807) is 0 Å². The monoisotopic (exact) mass is 248 g/mol. The first-order chi connectivity index (χ1) is 8.63. The number of nitrogens with zero attached hydrogens (tertiary/aromatic N) is 1. The van der Waals surface area contributed by atoms with Gasteiger partial charge < -0.3 is 10.5 Å². The van der Waals surface area contributed by atoms with E-state index < -0.39 is 0 Å². The molecule has 100 valence electrons. The summed E-state index contributed by atoms with van der Waals surface area (Å²) in [5.41, 5.74) is 10.0. The summed E-state index contributed by atoms with van der Waals surface area (Å²) in [5, 5.41) is 0. The van der Waals surface area contributed by atoms with E-state index in [2.05, 4.69) is 43.9 Å². The fourth-order valence-corrected chi connectivity index (χ4v) is 2.76. The maximum Gasteiger partial charge on any atom is 0.0620 e. The highest BCUT2D eigenvalue weighted by Gasteiger charge is 2.27. The Balaban J connectivity index is 2.29. The number of ether oxygens (including phenoxy) is 1. The van der Waals surface area contributed by atoms with Crippen LogP contribution in [0, 0.1) is 13.8 Å². The van der Waals surface area contributed by atoms with Gasteiger partial charge >= 0.3 is 0 Å². The van der Waals surface area contributed by atoms with E-state index in [9.17, 15) is 0 Å². The third-order valence-corrected chi connectivity index (χ3v) is 3.84. The van der Waals surface area contributed by atoms with Gasteiger partial charge in [0.05, 0.1) is 13.2 Å². The number of benzene rings is 1. The maximum atomic E-state index is 6.03. The van der Waals surface area contributed by atoms with Crippen LogP contribution in [0.4, 0.5) is 0 Å². The lowest BCUT2D eigenvalue weighted by Gasteiger charge is -2.39. The molecule has 1 aliphatic heterocycles. The Morgan fingerprint density at radius 3 is 2.89 bits per heavy atom. The van der Waals surface area contributed by atoms with Crippen LogP contribution in [0.15, 0.2) is 18.2 Å². The van der Waals surface area contributed by atoms with Crippen molar-refractivity contribution in [3.8, 4) is 0 Å². The normalized spacial score (nSPS) is 23.0. The zero-order valence-electron chi connectivity index (χ0n) is 11.6. The van der Waals surface area contributed by atoms with Gasteiger partial charge in [0.1, 0.15) is 0 Å². The van der Waals surface area contributed by atoms with E-state index in [0.717, 1.165) is 19.8 Å². The number of morpholine rings is 1. The molecule has 0 bridgehead atoms. The first kappa shape index (κ1) is 13.5. The molecule has 2 unspecified atom stereocenters. The zero-order valence-corrected chi connectivity index (χ0v) is 11.6. The van der Waals surface area contributed by atoms with Crippen molar-refractivity contribution in [2.45, 2.75) is 32.9 Å². The van der Waals surface area contributed by atoms with Crippen molar-refractivity contribution in [1.29, 1.82) is 0 Å². The van der Waals surface area contributed by atoms with Gasteiger partial charge in [0.25, 0.3) is 0 Å². The fourth-order valence-electron chi connectivity index (χ4n) is 2.76. The lowest BCUT2D eigenvalue weighted by atomic mass is 9.96. The molecule has 1 aromatic rings. The SMILES string of the molecule is Cc1ccc(C)c(C(CN)N2CCOCC2C)c1. The Kier molecular flexibility index (Phi) is 4.38. The van der Waals surface area contributed by atoms with Crippen LogP contribution in [-0.2, 0) is 4.74 Å². The molecule has 0 radical (unpaired) electrons. The molecule has 0 aliphatic carbocycles. The van der Waals surface area contributed by atoms with Crippen LogP contribution < -0.4 is 5.73 Å². The molecule has 18 heavy (non-hydrogen) atoms. The molecule has 2 atom stereocenters. The minimum absolute atomic E-state index is 0.309. The largest absolute Gasteiger partial charge is 0.379 e. The van der Waals surface area contributed by atoms with E-state index in [1.807, 2.05) is 0 Å². The second-order valence-corrected chi connectivity index (χ2v) is 5.27.